The minimum Gasteiger partial charge on any atom is -0.494 e. The molecule has 0 unspecified atom stereocenters. The second-order valence-electron chi connectivity index (χ2n) is 2.76. The average molecular weight is 209 g/mol. The van der Waals surface area contributed by atoms with Crippen LogP contribution in [0, 0.1) is 0 Å². The van der Waals surface area contributed by atoms with Crippen molar-refractivity contribution in [2.24, 2.45) is 0 Å². The third-order valence-electron chi connectivity index (χ3n) is 1.92. The van der Waals surface area contributed by atoms with Crippen LogP contribution in [0.4, 0.5) is 0 Å². The van der Waals surface area contributed by atoms with Gasteiger partial charge in [0.2, 0.25) is 0 Å². The highest BCUT2D eigenvalue weighted by Gasteiger charge is 2.10. The van der Waals surface area contributed by atoms with Crippen molar-refractivity contribution in [1.82, 2.24) is 9.97 Å². The van der Waals surface area contributed by atoms with Crippen LogP contribution in [0.1, 0.15) is 0 Å². The summed E-state index contributed by atoms with van der Waals surface area (Å²) >= 11 is 5.98. The topological polar surface area (TPSA) is 37.9 Å². The Morgan fingerprint density at radius 3 is 2.93 bits per heavy atom. The van der Waals surface area contributed by atoms with Gasteiger partial charge < -0.3 is 9.72 Å². The van der Waals surface area contributed by atoms with Crippen LogP contribution in [0.15, 0.2) is 30.6 Å². The number of hydrogen-bond acceptors (Lipinski definition) is 2. The second-order valence-corrected chi connectivity index (χ2v) is 3.17. The summed E-state index contributed by atoms with van der Waals surface area (Å²) in [6.45, 7) is 0. The van der Waals surface area contributed by atoms with Gasteiger partial charge >= 0.3 is 0 Å². The number of aromatic amines is 1. The Kier molecular flexibility index (Phi) is 2.41. The number of methoxy groups -OCH3 is 1. The molecule has 0 aliphatic rings. The number of aromatic nitrogens is 2. The monoisotopic (exact) mass is 208 g/mol. The summed E-state index contributed by atoms with van der Waals surface area (Å²) in [5, 5.41) is 0.585. The van der Waals surface area contributed by atoms with Crippen molar-refractivity contribution in [3.63, 3.8) is 0 Å². The number of imidazole rings is 1. The fraction of sp³-hybridized carbons (Fsp3) is 0.100. The van der Waals surface area contributed by atoms with Gasteiger partial charge in [0.05, 0.1) is 17.7 Å². The molecular formula is C10H9ClN2O. The summed E-state index contributed by atoms with van der Waals surface area (Å²) in [5.41, 5.74) is 0.866. The minimum absolute atomic E-state index is 0.585. The number of nitrogens with one attached hydrogen (secondary N) is 1. The highest BCUT2D eigenvalue weighted by atomic mass is 35.5. The van der Waals surface area contributed by atoms with Crippen LogP contribution in [-0.2, 0) is 0 Å². The molecule has 0 atom stereocenters. The first-order valence-corrected chi connectivity index (χ1v) is 4.53. The zero-order chi connectivity index (χ0) is 9.97. The molecule has 0 aliphatic carbocycles. The molecule has 1 aromatic carbocycles. The predicted molar refractivity (Wildman–Crippen MR) is 55.6 cm³/mol. The van der Waals surface area contributed by atoms with E-state index in [0.29, 0.717) is 10.8 Å². The van der Waals surface area contributed by atoms with Gasteiger partial charge in [0.1, 0.15) is 11.6 Å². The Hall–Kier alpha value is -1.48. The number of halogens is 1. The first kappa shape index (κ1) is 9.09. The summed E-state index contributed by atoms with van der Waals surface area (Å²) in [6.07, 6.45) is 3.45. The van der Waals surface area contributed by atoms with E-state index in [1.54, 1.807) is 25.6 Å². The van der Waals surface area contributed by atoms with Gasteiger partial charge in [-0.05, 0) is 12.1 Å². The zero-order valence-corrected chi connectivity index (χ0v) is 8.38. The van der Waals surface area contributed by atoms with Gasteiger partial charge in [-0.1, -0.05) is 17.7 Å². The van der Waals surface area contributed by atoms with Crippen molar-refractivity contribution in [1.29, 1.82) is 0 Å². The number of nitrogens with zero attached hydrogens (tertiary/aromatic N) is 1. The Balaban J connectivity index is 2.58. The zero-order valence-electron chi connectivity index (χ0n) is 7.62. The molecule has 1 aromatic heterocycles. The number of ether oxygens (including phenoxy) is 1. The number of rotatable bonds is 2. The van der Waals surface area contributed by atoms with Crippen molar-refractivity contribution in [2.75, 3.05) is 7.11 Å². The van der Waals surface area contributed by atoms with Gasteiger partial charge in [0.25, 0.3) is 0 Å². The third-order valence-corrected chi connectivity index (χ3v) is 2.22. The normalized spacial score (nSPS) is 10.1. The van der Waals surface area contributed by atoms with Crippen LogP contribution in [0.5, 0.6) is 5.75 Å². The number of para-hydroxylation sites is 1. The van der Waals surface area contributed by atoms with E-state index < -0.39 is 0 Å². The minimum atomic E-state index is 0.585. The molecule has 0 bridgehead atoms. The summed E-state index contributed by atoms with van der Waals surface area (Å²) < 4.78 is 5.21. The maximum atomic E-state index is 5.98. The van der Waals surface area contributed by atoms with Crippen LogP contribution in [-0.4, -0.2) is 17.1 Å². The van der Waals surface area contributed by atoms with E-state index in [2.05, 4.69) is 9.97 Å². The molecule has 0 saturated heterocycles. The highest BCUT2D eigenvalue weighted by Crippen LogP contribution is 2.33. The molecule has 72 valence electrons. The molecule has 1 heterocycles. The first-order valence-electron chi connectivity index (χ1n) is 4.15. The summed E-state index contributed by atoms with van der Waals surface area (Å²) in [5.74, 6) is 1.40. The molecule has 14 heavy (non-hydrogen) atoms. The van der Waals surface area contributed by atoms with Crippen molar-refractivity contribution >= 4 is 11.6 Å². The summed E-state index contributed by atoms with van der Waals surface area (Å²) in [6, 6.07) is 5.55. The molecule has 3 nitrogen and oxygen atoms in total. The van der Waals surface area contributed by atoms with E-state index in [-0.39, 0.29) is 0 Å². The molecule has 0 amide bonds. The van der Waals surface area contributed by atoms with Gasteiger partial charge in [-0.3, -0.25) is 0 Å². The Labute approximate surface area is 86.7 Å². The standard InChI is InChI=1S/C10H9ClN2O/c1-14-9-7(3-2-4-8(9)11)10-12-5-6-13-10/h2-6H,1H3,(H,12,13). The molecular weight excluding hydrogens is 200 g/mol. The first-order chi connectivity index (χ1) is 6.83. The van der Waals surface area contributed by atoms with E-state index in [0.717, 1.165) is 11.4 Å². The third kappa shape index (κ3) is 1.46. The van der Waals surface area contributed by atoms with Crippen LogP contribution in [0.3, 0.4) is 0 Å². The highest BCUT2D eigenvalue weighted by molar-refractivity contribution is 6.32. The molecule has 0 spiro atoms. The SMILES string of the molecule is COc1c(Cl)cccc1-c1ncc[nH]1. The van der Waals surface area contributed by atoms with E-state index in [9.17, 15) is 0 Å². The van der Waals surface area contributed by atoms with Gasteiger partial charge in [0, 0.05) is 12.4 Å². The lowest BCUT2D eigenvalue weighted by molar-refractivity contribution is 0.416. The van der Waals surface area contributed by atoms with E-state index in [4.69, 9.17) is 16.3 Å². The van der Waals surface area contributed by atoms with Crippen molar-refractivity contribution in [2.45, 2.75) is 0 Å². The molecule has 4 heteroatoms. The molecule has 0 fully saturated rings. The second kappa shape index (κ2) is 3.72. The molecule has 0 radical (unpaired) electrons. The molecule has 2 aromatic rings. The lowest BCUT2D eigenvalue weighted by atomic mass is 10.2. The van der Waals surface area contributed by atoms with E-state index >= 15 is 0 Å². The van der Waals surface area contributed by atoms with Crippen LogP contribution >= 0.6 is 11.6 Å². The van der Waals surface area contributed by atoms with Gasteiger partial charge in [-0.2, -0.15) is 0 Å². The Bertz CT molecular complexity index is 426. The fourth-order valence-corrected chi connectivity index (χ4v) is 1.57. The Morgan fingerprint density at radius 1 is 1.43 bits per heavy atom. The van der Waals surface area contributed by atoms with Gasteiger partial charge in [-0.25, -0.2) is 4.98 Å². The summed E-state index contributed by atoms with van der Waals surface area (Å²) in [4.78, 5) is 7.15. The maximum absolute atomic E-state index is 5.98. The predicted octanol–water partition coefficient (Wildman–Crippen LogP) is 2.74. The van der Waals surface area contributed by atoms with Crippen molar-refractivity contribution < 1.29 is 4.74 Å². The van der Waals surface area contributed by atoms with Gasteiger partial charge in [0.15, 0.2) is 0 Å². The Morgan fingerprint density at radius 2 is 2.29 bits per heavy atom. The van der Waals surface area contributed by atoms with E-state index in [1.165, 1.54) is 0 Å². The largest absolute Gasteiger partial charge is 0.494 e. The number of H-pyrrole nitrogens is 1. The molecule has 2 rings (SSSR count). The van der Waals surface area contributed by atoms with Crippen molar-refractivity contribution in [3.8, 4) is 17.1 Å². The van der Waals surface area contributed by atoms with Crippen LogP contribution in [0.2, 0.25) is 5.02 Å². The van der Waals surface area contributed by atoms with Crippen molar-refractivity contribution in [3.05, 3.63) is 35.6 Å². The molecule has 0 aliphatic heterocycles. The molecule has 1 N–H and O–H groups in total. The number of benzene rings is 1. The smallest absolute Gasteiger partial charge is 0.148 e. The van der Waals surface area contributed by atoms with E-state index in [1.807, 2.05) is 12.1 Å². The van der Waals surface area contributed by atoms with Crippen LogP contribution < -0.4 is 4.74 Å². The molecule has 0 saturated carbocycles. The number of hydrogen-bond donors (Lipinski definition) is 1. The lowest BCUT2D eigenvalue weighted by Crippen LogP contribution is -1.89. The lowest BCUT2D eigenvalue weighted by Gasteiger charge is -2.07. The quantitative estimate of drug-likeness (QED) is 0.824. The van der Waals surface area contributed by atoms with Crippen LogP contribution in [0.25, 0.3) is 11.4 Å². The fourth-order valence-electron chi connectivity index (χ4n) is 1.32. The average Bonchev–Trinajstić information content (AvgIpc) is 2.70. The summed E-state index contributed by atoms with van der Waals surface area (Å²) in [7, 11) is 1.59. The van der Waals surface area contributed by atoms with Gasteiger partial charge in [-0.15, -0.1) is 0 Å². The maximum Gasteiger partial charge on any atom is 0.148 e.